The Morgan fingerprint density at radius 1 is 1.37 bits per heavy atom. The van der Waals surface area contributed by atoms with E-state index in [4.69, 9.17) is 10.5 Å². The minimum atomic E-state index is 0.00478. The Balaban J connectivity index is 2.54. The van der Waals surface area contributed by atoms with E-state index in [-0.39, 0.29) is 17.7 Å². The second-order valence-electron chi connectivity index (χ2n) is 6.10. The Bertz CT molecular complexity index is 294. The monoisotopic (exact) mass is 270 g/mol. The van der Waals surface area contributed by atoms with Crippen molar-refractivity contribution in [2.75, 3.05) is 26.2 Å². The summed E-state index contributed by atoms with van der Waals surface area (Å²) in [7, 11) is 0. The van der Waals surface area contributed by atoms with Crippen molar-refractivity contribution in [1.82, 2.24) is 10.2 Å². The lowest BCUT2D eigenvalue weighted by molar-refractivity contribution is -0.0939. The largest absolute Gasteiger partial charge is 0.373 e. The van der Waals surface area contributed by atoms with Crippen molar-refractivity contribution in [3.63, 3.8) is 0 Å². The first-order chi connectivity index (χ1) is 8.85. The molecule has 5 heteroatoms. The van der Waals surface area contributed by atoms with Gasteiger partial charge in [0.2, 0.25) is 0 Å². The fraction of sp³-hybridized carbons (Fsp3) is 0.929. The van der Waals surface area contributed by atoms with Gasteiger partial charge in [-0.3, -0.25) is 9.89 Å². The van der Waals surface area contributed by atoms with Gasteiger partial charge in [-0.2, -0.15) is 0 Å². The smallest absolute Gasteiger partial charge is 0.188 e. The standard InChI is InChI=1S/C14H30N4O/c1-6-7-16-13(15)17-10-14(4,5)18-8-11(2)19-12(3)9-18/h11-12H,6-10H2,1-5H3,(H3,15,16,17). The molecule has 1 heterocycles. The summed E-state index contributed by atoms with van der Waals surface area (Å²) < 4.78 is 5.78. The van der Waals surface area contributed by atoms with Crippen molar-refractivity contribution in [2.45, 2.75) is 58.8 Å². The van der Waals surface area contributed by atoms with Crippen LogP contribution in [0.5, 0.6) is 0 Å². The Morgan fingerprint density at radius 2 is 1.95 bits per heavy atom. The fourth-order valence-corrected chi connectivity index (χ4v) is 2.36. The SMILES string of the molecule is CCCNC(N)=NCC(C)(C)N1CC(C)OC(C)C1. The van der Waals surface area contributed by atoms with Crippen LogP contribution in [0.2, 0.25) is 0 Å². The zero-order chi connectivity index (χ0) is 14.5. The van der Waals surface area contributed by atoms with E-state index in [9.17, 15) is 0 Å². The normalized spacial score (nSPS) is 26.5. The van der Waals surface area contributed by atoms with Crippen molar-refractivity contribution in [1.29, 1.82) is 0 Å². The van der Waals surface area contributed by atoms with E-state index >= 15 is 0 Å². The molecule has 0 bridgehead atoms. The van der Waals surface area contributed by atoms with Crippen molar-refractivity contribution >= 4 is 5.96 Å². The molecule has 0 saturated carbocycles. The molecule has 1 aliphatic heterocycles. The topological polar surface area (TPSA) is 62.9 Å². The fourth-order valence-electron chi connectivity index (χ4n) is 2.36. The molecule has 0 amide bonds. The second kappa shape index (κ2) is 7.10. The summed E-state index contributed by atoms with van der Waals surface area (Å²) >= 11 is 0. The molecule has 5 nitrogen and oxygen atoms in total. The minimum absolute atomic E-state index is 0.00478. The van der Waals surface area contributed by atoms with Gasteiger partial charge in [0.05, 0.1) is 18.8 Å². The van der Waals surface area contributed by atoms with Crippen LogP contribution in [0, 0.1) is 0 Å². The Morgan fingerprint density at radius 3 is 2.47 bits per heavy atom. The summed E-state index contributed by atoms with van der Waals surface area (Å²) in [6, 6.07) is 0. The van der Waals surface area contributed by atoms with Crippen LogP contribution in [0.25, 0.3) is 0 Å². The highest BCUT2D eigenvalue weighted by Crippen LogP contribution is 2.21. The van der Waals surface area contributed by atoms with Crippen molar-refractivity contribution in [2.24, 2.45) is 10.7 Å². The molecule has 0 aromatic heterocycles. The molecule has 1 rings (SSSR count). The van der Waals surface area contributed by atoms with Gasteiger partial charge in [0.1, 0.15) is 0 Å². The van der Waals surface area contributed by atoms with Gasteiger partial charge in [0.25, 0.3) is 0 Å². The first-order valence-electron chi connectivity index (χ1n) is 7.29. The highest BCUT2D eigenvalue weighted by atomic mass is 16.5. The molecule has 0 spiro atoms. The molecule has 2 unspecified atom stereocenters. The lowest BCUT2D eigenvalue weighted by atomic mass is 10.0. The van der Waals surface area contributed by atoms with Gasteiger partial charge in [0, 0.05) is 25.2 Å². The van der Waals surface area contributed by atoms with Crippen LogP contribution in [0.15, 0.2) is 4.99 Å². The number of nitrogens with zero attached hydrogens (tertiary/aromatic N) is 2. The zero-order valence-corrected chi connectivity index (χ0v) is 13.1. The molecule has 0 aliphatic carbocycles. The third kappa shape index (κ3) is 5.37. The third-order valence-corrected chi connectivity index (χ3v) is 3.47. The highest BCUT2D eigenvalue weighted by Gasteiger charge is 2.32. The van der Waals surface area contributed by atoms with Gasteiger partial charge in [0.15, 0.2) is 5.96 Å². The first-order valence-corrected chi connectivity index (χ1v) is 7.29. The molecular formula is C14H30N4O. The molecule has 1 saturated heterocycles. The van der Waals surface area contributed by atoms with E-state index in [1.807, 2.05) is 0 Å². The van der Waals surface area contributed by atoms with Gasteiger partial charge < -0.3 is 15.8 Å². The first kappa shape index (κ1) is 16.2. The predicted octanol–water partition coefficient (Wildman–Crippen LogP) is 1.19. The van der Waals surface area contributed by atoms with Gasteiger partial charge >= 0.3 is 0 Å². The maximum absolute atomic E-state index is 5.85. The minimum Gasteiger partial charge on any atom is -0.373 e. The molecule has 0 aromatic rings. The van der Waals surface area contributed by atoms with Crippen LogP contribution in [0.4, 0.5) is 0 Å². The average Bonchev–Trinajstić information content (AvgIpc) is 2.32. The van der Waals surface area contributed by atoms with Crippen LogP contribution < -0.4 is 11.1 Å². The second-order valence-corrected chi connectivity index (χ2v) is 6.10. The number of nitrogens with two attached hydrogens (primary N) is 1. The van der Waals surface area contributed by atoms with E-state index in [0.717, 1.165) is 26.1 Å². The number of hydrogen-bond donors (Lipinski definition) is 2. The van der Waals surface area contributed by atoms with Crippen molar-refractivity contribution < 1.29 is 4.74 Å². The van der Waals surface area contributed by atoms with E-state index < -0.39 is 0 Å². The van der Waals surface area contributed by atoms with Crippen LogP contribution in [-0.4, -0.2) is 54.8 Å². The number of hydrogen-bond acceptors (Lipinski definition) is 3. The van der Waals surface area contributed by atoms with E-state index in [1.165, 1.54) is 0 Å². The summed E-state index contributed by atoms with van der Waals surface area (Å²) in [5.41, 5.74) is 5.85. The molecule has 112 valence electrons. The highest BCUT2D eigenvalue weighted by molar-refractivity contribution is 5.77. The Labute approximate surface area is 117 Å². The summed E-state index contributed by atoms with van der Waals surface area (Å²) in [5, 5.41) is 3.11. The Kier molecular flexibility index (Phi) is 6.07. The lowest BCUT2D eigenvalue weighted by Gasteiger charge is -2.44. The van der Waals surface area contributed by atoms with Crippen LogP contribution in [-0.2, 0) is 4.74 Å². The van der Waals surface area contributed by atoms with Crippen molar-refractivity contribution in [3.8, 4) is 0 Å². The predicted molar refractivity (Wildman–Crippen MR) is 80.4 cm³/mol. The van der Waals surface area contributed by atoms with Gasteiger partial charge in [-0.05, 0) is 34.1 Å². The molecular weight excluding hydrogens is 240 g/mol. The average molecular weight is 270 g/mol. The molecule has 0 radical (unpaired) electrons. The van der Waals surface area contributed by atoms with E-state index in [1.54, 1.807) is 0 Å². The third-order valence-electron chi connectivity index (χ3n) is 3.47. The number of nitrogens with one attached hydrogen (secondary N) is 1. The maximum atomic E-state index is 5.85. The summed E-state index contributed by atoms with van der Waals surface area (Å²) in [6.45, 7) is 14.3. The number of aliphatic imine (C=N–C) groups is 1. The Hall–Kier alpha value is -0.810. The zero-order valence-electron chi connectivity index (χ0n) is 13.1. The van der Waals surface area contributed by atoms with Gasteiger partial charge in [-0.1, -0.05) is 6.92 Å². The number of guanidine groups is 1. The number of ether oxygens (including phenoxy) is 1. The summed E-state index contributed by atoms with van der Waals surface area (Å²) in [6.07, 6.45) is 1.61. The molecule has 19 heavy (non-hydrogen) atoms. The summed E-state index contributed by atoms with van der Waals surface area (Å²) in [5.74, 6) is 0.546. The molecule has 1 aliphatic rings. The summed E-state index contributed by atoms with van der Waals surface area (Å²) in [4.78, 5) is 6.91. The van der Waals surface area contributed by atoms with E-state index in [2.05, 4.69) is 49.8 Å². The molecule has 2 atom stereocenters. The quantitative estimate of drug-likeness (QED) is 0.582. The van der Waals surface area contributed by atoms with Gasteiger partial charge in [-0.15, -0.1) is 0 Å². The number of rotatable bonds is 5. The van der Waals surface area contributed by atoms with Gasteiger partial charge in [-0.25, -0.2) is 0 Å². The van der Waals surface area contributed by atoms with Crippen LogP contribution >= 0.6 is 0 Å². The number of morpholine rings is 1. The van der Waals surface area contributed by atoms with Crippen LogP contribution in [0.3, 0.4) is 0 Å². The van der Waals surface area contributed by atoms with E-state index in [0.29, 0.717) is 12.5 Å². The molecule has 1 fully saturated rings. The molecule has 0 aromatic carbocycles. The molecule has 3 N–H and O–H groups in total. The van der Waals surface area contributed by atoms with Crippen molar-refractivity contribution in [3.05, 3.63) is 0 Å². The van der Waals surface area contributed by atoms with Crippen LogP contribution in [0.1, 0.15) is 41.0 Å². The lowest BCUT2D eigenvalue weighted by Crippen LogP contribution is -2.56. The maximum Gasteiger partial charge on any atom is 0.188 e.